The third kappa shape index (κ3) is 5.51. The molecule has 0 saturated carbocycles. The highest BCUT2D eigenvalue weighted by atomic mass is 35.5. The summed E-state index contributed by atoms with van der Waals surface area (Å²) >= 11 is 5.97. The molecule has 1 heterocycles. The number of ether oxygens (including phenoxy) is 2. The Morgan fingerprint density at radius 1 is 1.17 bits per heavy atom. The van der Waals surface area contributed by atoms with Crippen LogP contribution in [0, 0.1) is 6.92 Å². The van der Waals surface area contributed by atoms with Crippen LogP contribution in [0.1, 0.15) is 19.4 Å². The number of morpholine rings is 1. The molecule has 162 valence electrons. The Kier molecular flexibility index (Phi) is 7.02. The van der Waals surface area contributed by atoms with E-state index in [9.17, 15) is 13.2 Å². The highest BCUT2D eigenvalue weighted by Crippen LogP contribution is 2.23. The number of nitrogens with one attached hydrogen (secondary N) is 1. The molecule has 1 aliphatic heterocycles. The van der Waals surface area contributed by atoms with E-state index in [0.29, 0.717) is 29.5 Å². The molecule has 2 aromatic carbocycles. The van der Waals surface area contributed by atoms with E-state index in [0.717, 1.165) is 5.56 Å². The van der Waals surface area contributed by atoms with E-state index in [1.54, 1.807) is 30.3 Å². The SMILES string of the molecule is Cc1cc(OCC(=O)Nc2ccc(S(=O)(=O)N3C[C@H](C)O[C@@H](C)C3)cc2)ccc1Cl. The number of sulfonamides is 1. The van der Waals surface area contributed by atoms with Crippen LogP contribution in [0.15, 0.2) is 47.4 Å². The average molecular weight is 453 g/mol. The number of anilines is 1. The van der Waals surface area contributed by atoms with Gasteiger partial charge in [0.2, 0.25) is 10.0 Å². The van der Waals surface area contributed by atoms with Gasteiger partial charge in [0.15, 0.2) is 6.61 Å². The summed E-state index contributed by atoms with van der Waals surface area (Å²) in [6.45, 7) is 6.00. The molecule has 3 rings (SSSR count). The molecule has 0 aliphatic carbocycles. The molecule has 1 fully saturated rings. The Balaban J connectivity index is 1.59. The topological polar surface area (TPSA) is 84.9 Å². The maximum atomic E-state index is 12.9. The number of nitrogens with zero attached hydrogens (tertiary/aromatic N) is 1. The van der Waals surface area contributed by atoms with E-state index in [1.165, 1.54) is 16.4 Å². The van der Waals surface area contributed by atoms with Gasteiger partial charge >= 0.3 is 0 Å². The number of rotatable bonds is 6. The van der Waals surface area contributed by atoms with Crippen LogP contribution in [0.2, 0.25) is 5.02 Å². The first-order valence-corrected chi connectivity index (χ1v) is 11.4. The summed E-state index contributed by atoms with van der Waals surface area (Å²) in [4.78, 5) is 12.3. The zero-order valence-electron chi connectivity index (χ0n) is 17.1. The smallest absolute Gasteiger partial charge is 0.262 e. The summed E-state index contributed by atoms with van der Waals surface area (Å²) in [5.41, 5.74) is 1.34. The van der Waals surface area contributed by atoms with Gasteiger partial charge < -0.3 is 14.8 Å². The monoisotopic (exact) mass is 452 g/mol. The maximum Gasteiger partial charge on any atom is 0.262 e. The van der Waals surface area contributed by atoms with E-state index in [4.69, 9.17) is 21.1 Å². The number of hydrogen-bond acceptors (Lipinski definition) is 5. The summed E-state index contributed by atoms with van der Waals surface area (Å²) in [6.07, 6.45) is -0.321. The molecule has 7 nitrogen and oxygen atoms in total. The lowest BCUT2D eigenvalue weighted by Gasteiger charge is -2.34. The number of carbonyl (C=O) groups excluding carboxylic acids is 1. The predicted octanol–water partition coefficient (Wildman–Crippen LogP) is 3.46. The number of aryl methyl sites for hydroxylation is 1. The van der Waals surface area contributed by atoms with Crippen LogP contribution in [0.4, 0.5) is 5.69 Å². The first kappa shape index (κ1) is 22.6. The molecule has 0 spiro atoms. The molecule has 2 aromatic rings. The van der Waals surface area contributed by atoms with E-state index in [2.05, 4.69) is 5.32 Å². The molecule has 2 atom stereocenters. The van der Waals surface area contributed by atoms with Crippen LogP contribution >= 0.6 is 11.6 Å². The van der Waals surface area contributed by atoms with Crippen molar-refractivity contribution in [1.82, 2.24) is 4.31 Å². The molecular formula is C21H25ClN2O5S. The molecule has 1 N–H and O–H groups in total. The summed E-state index contributed by atoms with van der Waals surface area (Å²) in [5, 5.41) is 3.32. The van der Waals surface area contributed by atoms with Gasteiger partial charge in [-0.2, -0.15) is 4.31 Å². The Bertz CT molecular complexity index is 1000. The molecule has 1 amide bonds. The lowest BCUT2D eigenvalue weighted by Crippen LogP contribution is -2.48. The number of hydrogen-bond donors (Lipinski definition) is 1. The second kappa shape index (κ2) is 9.34. The van der Waals surface area contributed by atoms with Crippen molar-refractivity contribution in [1.29, 1.82) is 0 Å². The minimum atomic E-state index is -3.62. The van der Waals surface area contributed by atoms with E-state index < -0.39 is 10.0 Å². The van der Waals surface area contributed by atoms with Crippen molar-refractivity contribution in [2.24, 2.45) is 0 Å². The van der Waals surface area contributed by atoms with Crippen LogP contribution in [-0.2, 0) is 19.6 Å². The van der Waals surface area contributed by atoms with Gasteiger partial charge in [0.05, 0.1) is 17.1 Å². The lowest BCUT2D eigenvalue weighted by molar-refractivity contribution is -0.118. The fraction of sp³-hybridized carbons (Fsp3) is 0.381. The van der Waals surface area contributed by atoms with Crippen molar-refractivity contribution in [3.8, 4) is 5.75 Å². The maximum absolute atomic E-state index is 12.9. The summed E-state index contributed by atoms with van der Waals surface area (Å²) in [7, 11) is -3.62. The predicted molar refractivity (Wildman–Crippen MR) is 116 cm³/mol. The van der Waals surface area contributed by atoms with Crippen LogP contribution in [0.3, 0.4) is 0 Å². The van der Waals surface area contributed by atoms with Crippen LogP contribution in [-0.4, -0.2) is 50.5 Å². The quantitative estimate of drug-likeness (QED) is 0.725. The molecule has 9 heteroatoms. The molecule has 0 bridgehead atoms. The number of amides is 1. The average Bonchev–Trinajstić information content (AvgIpc) is 2.68. The second-order valence-corrected chi connectivity index (χ2v) is 9.70. The Morgan fingerprint density at radius 2 is 1.80 bits per heavy atom. The van der Waals surface area contributed by atoms with Gasteiger partial charge in [0.1, 0.15) is 5.75 Å². The second-order valence-electron chi connectivity index (χ2n) is 7.35. The molecular weight excluding hydrogens is 428 g/mol. The van der Waals surface area contributed by atoms with Crippen molar-refractivity contribution in [2.75, 3.05) is 25.0 Å². The van der Waals surface area contributed by atoms with E-state index in [1.807, 2.05) is 20.8 Å². The largest absolute Gasteiger partial charge is 0.484 e. The van der Waals surface area contributed by atoms with Crippen molar-refractivity contribution in [2.45, 2.75) is 37.9 Å². The van der Waals surface area contributed by atoms with Gasteiger partial charge in [-0.1, -0.05) is 11.6 Å². The van der Waals surface area contributed by atoms with Crippen LogP contribution in [0.5, 0.6) is 5.75 Å². The summed E-state index contributed by atoms with van der Waals surface area (Å²) < 4.78 is 38.3. The first-order chi connectivity index (χ1) is 14.1. The van der Waals surface area contributed by atoms with Gasteiger partial charge in [-0.05, 0) is 68.8 Å². The van der Waals surface area contributed by atoms with E-state index >= 15 is 0 Å². The molecule has 0 radical (unpaired) electrons. The first-order valence-electron chi connectivity index (χ1n) is 9.59. The lowest BCUT2D eigenvalue weighted by atomic mass is 10.2. The molecule has 30 heavy (non-hydrogen) atoms. The van der Waals surface area contributed by atoms with Crippen molar-refractivity contribution >= 4 is 33.2 Å². The summed E-state index contributed by atoms with van der Waals surface area (Å²) in [6, 6.07) is 11.2. The third-order valence-corrected chi connectivity index (χ3v) is 6.93. The van der Waals surface area contributed by atoms with Crippen molar-refractivity contribution in [3.05, 3.63) is 53.1 Å². The highest BCUT2D eigenvalue weighted by Gasteiger charge is 2.32. The van der Waals surface area contributed by atoms with Crippen LogP contribution < -0.4 is 10.1 Å². The zero-order chi connectivity index (χ0) is 21.9. The number of benzene rings is 2. The molecule has 1 aliphatic rings. The number of carbonyl (C=O) groups is 1. The Morgan fingerprint density at radius 3 is 2.40 bits per heavy atom. The van der Waals surface area contributed by atoms with Gasteiger partial charge in [0.25, 0.3) is 5.91 Å². The van der Waals surface area contributed by atoms with Gasteiger partial charge in [-0.25, -0.2) is 8.42 Å². The fourth-order valence-electron chi connectivity index (χ4n) is 3.24. The minimum Gasteiger partial charge on any atom is -0.484 e. The summed E-state index contributed by atoms with van der Waals surface area (Å²) in [5.74, 6) is 0.191. The Labute approximate surface area is 182 Å². The normalized spacial score (nSPS) is 20.0. The van der Waals surface area contributed by atoms with Gasteiger partial charge in [-0.3, -0.25) is 4.79 Å². The van der Waals surface area contributed by atoms with Crippen molar-refractivity contribution in [3.63, 3.8) is 0 Å². The van der Waals surface area contributed by atoms with Gasteiger partial charge in [0, 0.05) is 23.8 Å². The number of halogens is 1. The van der Waals surface area contributed by atoms with E-state index in [-0.39, 0.29) is 29.6 Å². The highest BCUT2D eigenvalue weighted by molar-refractivity contribution is 7.89. The zero-order valence-corrected chi connectivity index (χ0v) is 18.7. The molecule has 0 unspecified atom stereocenters. The molecule has 1 saturated heterocycles. The standard InChI is InChI=1S/C21H25ClN2O5S/c1-14-10-18(6-9-20(14)22)28-13-21(25)23-17-4-7-19(8-5-17)30(26,27)24-11-15(2)29-16(3)12-24/h4-10,15-16H,11-13H2,1-3H3,(H,23,25)/t15-,16-/m0/s1. The van der Waals surface area contributed by atoms with Crippen molar-refractivity contribution < 1.29 is 22.7 Å². The fourth-order valence-corrected chi connectivity index (χ4v) is 4.95. The Hall–Kier alpha value is -2.13. The minimum absolute atomic E-state index is 0.161. The van der Waals surface area contributed by atoms with Gasteiger partial charge in [-0.15, -0.1) is 0 Å². The molecule has 0 aromatic heterocycles. The van der Waals surface area contributed by atoms with Crippen LogP contribution in [0.25, 0.3) is 0 Å². The third-order valence-electron chi connectivity index (χ3n) is 4.66.